The molecule has 6 heteroatoms. The minimum absolute atomic E-state index is 0. The van der Waals surface area contributed by atoms with Crippen LogP contribution in [0.4, 0.5) is 5.69 Å². The number of hydrogen-bond donors (Lipinski definition) is 1. The number of nitrogens with zero attached hydrogens (tertiary/aromatic N) is 2. The number of nitrogens with two attached hydrogens (primary N) is 1. The van der Waals surface area contributed by atoms with Gasteiger partial charge in [-0.15, -0.1) is 12.4 Å². The molecule has 132 valence electrons. The monoisotopic (exact) mass is 351 g/mol. The third-order valence-electron chi connectivity index (χ3n) is 5.10. The fourth-order valence-corrected chi connectivity index (χ4v) is 3.43. The molecule has 0 bridgehead atoms. The summed E-state index contributed by atoms with van der Waals surface area (Å²) in [6.07, 6.45) is 2.35. The molecule has 0 aliphatic carbocycles. The smallest absolute Gasteiger partial charge is 0.253 e. The summed E-state index contributed by atoms with van der Waals surface area (Å²) >= 11 is 0. The van der Waals surface area contributed by atoms with E-state index < -0.39 is 0 Å². The highest BCUT2D eigenvalue weighted by molar-refractivity contribution is 5.97. The van der Waals surface area contributed by atoms with Crippen molar-refractivity contribution >= 4 is 29.9 Å². The first-order valence-corrected chi connectivity index (χ1v) is 8.34. The van der Waals surface area contributed by atoms with Gasteiger partial charge >= 0.3 is 0 Å². The Balaban J connectivity index is 0.00000208. The normalized spacial score (nSPS) is 23.1. The largest absolute Gasteiger partial charge is 0.338 e. The summed E-state index contributed by atoms with van der Waals surface area (Å²) in [6.45, 7) is 6.37. The van der Waals surface area contributed by atoms with Crippen molar-refractivity contribution in [1.29, 1.82) is 0 Å². The summed E-state index contributed by atoms with van der Waals surface area (Å²) in [5, 5.41) is 0. The first-order chi connectivity index (χ1) is 10.9. The minimum atomic E-state index is -0.0597. The van der Waals surface area contributed by atoms with Crippen LogP contribution in [-0.4, -0.2) is 42.4 Å². The van der Waals surface area contributed by atoms with Gasteiger partial charge < -0.3 is 15.5 Å². The molecule has 0 spiro atoms. The number of amides is 2. The van der Waals surface area contributed by atoms with Crippen molar-refractivity contribution in [3.8, 4) is 0 Å². The van der Waals surface area contributed by atoms with Gasteiger partial charge in [0.1, 0.15) is 0 Å². The zero-order valence-corrected chi connectivity index (χ0v) is 15.1. The van der Waals surface area contributed by atoms with E-state index >= 15 is 0 Å². The number of rotatable bonds is 2. The Labute approximate surface area is 149 Å². The van der Waals surface area contributed by atoms with Gasteiger partial charge in [0.15, 0.2) is 0 Å². The van der Waals surface area contributed by atoms with E-state index in [1.165, 1.54) is 0 Å². The van der Waals surface area contributed by atoms with Gasteiger partial charge in [0.05, 0.1) is 0 Å². The molecule has 2 saturated heterocycles. The lowest BCUT2D eigenvalue weighted by molar-refractivity contribution is -0.117. The van der Waals surface area contributed by atoms with Crippen molar-refractivity contribution in [3.05, 3.63) is 29.8 Å². The molecule has 2 aliphatic rings. The van der Waals surface area contributed by atoms with Crippen LogP contribution in [0.15, 0.2) is 24.3 Å². The van der Waals surface area contributed by atoms with Crippen molar-refractivity contribution < 1.29 is 9.59 Å². The van der Waals surface area contributed by atoms with Crippen LogP contribution in [0.2, 0.25) is 0 Å². The van der Waals surface area contributed by atoms with Crippen molar-refractivity contribution in [1.82, 2.24) is 4.90 Å². The van der Waals surface area contributed by atoms with E-state index in [-0.39, 0.29) is 35.7 Å². The van der Waals surface area contributed by atoms with E-state index in [0.717, 1.165) is 25.1 Å². The molecule has 2 N–H and O–H groups in total. The molecular formula is C18H26ClN3O2. The highest BCUT2D eigenvalue weighted by Gasteiger charge is 2.35. The van der Waals surface area contributed by atoms with Crippen LogP contribution in [0.5, 0.6) is 0 Å². The van der Waals surface area contributed by atoms with Crippen LogP contribution in [0.1, 0.15) is 43.5 Å². The Bertz CT molecular complexity index is 615. The minimum Gasteiger partial charge on any atom is -0.338 e. The van der Waals surface area contributed by atoms with Crippen LogP contribution >= 0.6 is 12.4 Å². The second-order valence-corrected chi connectivity index (χ2v) is 7.31. The lowest BCUT2D eigenvalue weighted by Crippen LogP contribution is -2.54. The molecule has 24 heavy (non-hydrogen) atoms. The molecule has 2 fully saturated rings. The van der Waals surface area contributed by atoms with Crippen molar-refractivity contribution in [2.24, 2.45) is 11.1 Å². The maximum Gasteiger partial charge on any atom is 0.253 e. The lowest BCUT2D eigenvalue weighted by atomic mass is 9.79. The van der Waals surface area contributed by atoms with Gasteiger partial charge in [0, 0.05) is 43.3 Å². The lowest BCUT2D eigenvalue weighted by Gasteiger charge is -2.42. The van der Waals surface area contributed by atoms with Gasteiger partial charge in [-0.1, -0.05) is 13.8 Å². The number of likely N-dealkylation sites (tertiary alicyclic amines) is 1. The van der Waals surface area contributed by atoms with Gasteiger partial charge in [-0.25, -0.2) is 0 Å². The van der Waals surface area contributed by atoms with Crippen LogP contribution in [-0.2, 0) is 4.79 Å². The average Bonchev–Trinajstić information content (AvgIpc) is 2.95. The topological polar surface area (TPSA) is 66.6 Å². The van der Waals surface area contributed by atoms with E-state index in [9.17, 15) is 9.59 Å². The summed E-state index contributed by atoms with van der Waals surface area (Å²) in [5.41, 5.74) is 7.63. The maximum absolute atomic E-state index is 12.7. The predicted octanol–water partition coefficient (Wildman–Crippen LogP) is 2.43. The molecule has 3 rings (SSSR count). The Morgan fingerprint density at radius 1 is 1.21 bits per heavy atom. The molecule has 1 aromatic carbocycles. The van der Waals surface area contributed by atoms with Gasteiger partial charge in [0.25, 0.3) is 5.91 Å². The Kier molecular flexibility index (Phi) is 5.56. The molecule has 2 heterocycles. The summed E-state index contributed by atoms with van der Waals surface area (Å²) in [6, 6.07) is 7.53. The molecule has 5 nitrogen and oxygen atoms in total. The highest BCUT2D eigenvalue weighted by atomic mass is 35.5. The third kappa shape index (κ3) is 3.57. The van der Waals surface area contributed by atoms with Crippen molar-refractivity contribution in [2.75, 3.05) is 24.5 Å². The number of piperidine rings is 1. The van der Waals surface area contributed by atoms with Crippen molar-refractivity contribution in [3.63, 3.8) is 0 Å². The van der Waals surface area contributed by atoms with Crippen LogP contribution in [0, 0.1) is 5.41 Å². The van der Waals surface area contributed by atoms with Crippen LogP contribution < -0.4 is 10.6 Å². The van der Waals surface area contributed by atoms with Gasteiger partial charge in [-0.05, 0) is 42.5 Å². The van der Waals surface area contributed by atoms with E-state index in [1.807, 2.05) is 29.2 Å². The van der Waals surface area contributed by atoms with E-state index in [2.05, 4.69) is 13.8 Å². The second kappa shape index (κ2) is 7.11. The molecule has 2 aliphatic heterocycles. The molecule has 0 radical (unpaired) electrons. The molecule has 1 atom stereocenters. The summed E-state index contributed by atoms with van der Waals surface area (Å²) in [4.78, 5) is 28.2. The number of carbonyl (C=O) groups is 2. The molecular weight excluding hydrogens is 326 g/mol. The number of halogens is 1. The first-order valence-electron chi connectivity index (χ1n) is 8.34. The molecule has 1 unspecified atom stereocenters. The van der Waals surface area contributed by atoms with E-state index in [4.69, 9.17) is 5.73 Å². The summed E-state index contributed by atoms with van der Waals surface area (Å²) in [5.74, 6) is 0.208. The quantitative estimate of drug-likeness (QED) is 0.889. The Morgan fingerprint density at radius 3 is 2.42 bits per heavy atom. The van der Waals surface area contributed by atoms with Gasteiger partial charge in [-0.2, -0.15) is 0 Å². The third-order valence-corrected chi connectivity index (χ3v) is 5.10. The first kappa shape index (κ1) is 18.7. The predicted molar refractivity (Wildman–Crippen MR) is 97.6 cm³/mol. The molecule has 0 aromatic heterocycles. The molecule has 1 aromatic rings. The van der Waals surface area contributed by atoms with Crippen molar-refractivity contribution in [2.45, 2.75) is 39.2 Å². The average molecular weight is 352 g/mol. The number of benzene rings is 1. The standard InChI is InChI=1S/C18H25N3O2.ClH/c1-18(2)12-20(11-9-15(18)19)17(23)13-5-7-14(8-6-13)21-10-3-4-16(21)22;/h5-8,15H,3-4,9-12,19H2,1-2H3;1H. The zero-order valence-electron chi connectivity index (χ0n) is 14.3. The highest BCUT2D eigenvalue weighted by Crippen LogP contribution is 2.29. The Morgan fingerprint density at radius 2 is 1.88 bits per heavy atom. The fourth-order valence-electron chi connectivity index (χ4n) is 3.43. The number of anilines is 1. The van der Waals surface area contributed by atoms with E-state index in [1.54, 1.807) is 4.90 Å². The summed E-state index contributed by atoms with van der Waals surface area (Å²) in [7, 11) is 0. The van der Waals surface area contributed by atoms with Crippen LogP contribution in [0.3, 0.4) is 0 Å². The van der Waals surface area contributed by atoms with Gasteiger partial charge in [-0.3, -0.25) is 9.59 Å². The van der Waals surface area contributed by atoms with Crippen LogP contribution in [0.25, 0.3) is 0 Å². The number of hydrogen-bond acceptors (Lipinski definition) is 3. The maximum atomic E-state index is 12.7. The summed E-state index contributed by atoms with van der Waals surface area (Å²) < 4.78 is 0. The zero-order chi connectivity index (χ0) is 16.6. The van der Waals surface area contributed by atoms with Gasteiger partial charge in [0.2, 0.25) is 5.91 Å². The van der Waals surface area contributed by atoms with E-state index in [0.29, 0.717) is 25.1 Å². The Hall–Kier alpha value is -1.59. The SMILES string of the molecule is CC1(C)CN(C(=O)c2ccc(N3CCCC3=O)cc2)CCC1N.Cl. The second-order valence-electron chi connectivity index (χ2n) is 7.31. The molecule has 0 saturated carbocycles. The number of carbonyl (C=O) groups excluding carboxylic acids is 2. The molecule has 2 amide bonds. The fraction of sp³-hybridized carbons (Fsp3) is 0.556.